The Hall–Kier alpha value is -2.78. The van der Waals surface area contributed by atoms with Crippen LogP contribution < -0.4 is 10.6 Å². The summed E-state index contributed by atoms with van der Waals surface area (Å²) in [7, 11) is -3.75. The summed E-state index contributed by atoms with van der Waals surface area (Å²) in [6, 6.07) is 8.43. The number of hydrogen-bond acceptors (Lipinski definition) is 4. The molecule has 9 heteroatoms. The summed E-state index contributed by atoms with van der Waals surface area (Å²) in [5.41, 5.74) is 2.52. The first-order valence-corrected chi connectivity index (χ1v) is 11.5. The van der Waals surface area contributed by atoms with Crippen LogP contribution in [0.2, 0.25) is 0 Å². The van der Waals surface area contributed by atoms with Crippen LogP contribution in [0.15, 0.2) is 41.3 Å². The lowest BCUT2D eigenvalue weighted by molar-refractivity contribution is -0.136. The maximum Gasteiger partial charge on any atom is 0.313 e. The van der Waals surface area contributed by atoms with E-state index in [2.05, 4.69) is 10.6 Å². The van der Waals surface area contributed by atoms with Crippen molar-refractivity contribution in [3.05, 3.63) is 58.9 Å². The summed E-state index contributed by atoms with van der Waals surface area (Å²) in [4.78, 5) is 24.5. The molecule has 0 bridgehead atoms. The minimum atomic E-state index is -3.75. The molecule has 1 atom stereocenters. The first kappa shape index (κ1) is 22.9. The lowest BCUT2D eigenvalue weighted by Crippen LogP contribution is -2.45. The third-order valence-electron chi connectivity index (χ3n) is 5.28. The van der Waals surface area contributed by atoms with Gasteiger partial charge in [-0.3, -0.25) is 9.59 Å². The number of carbonyl (C=O) groups is 2. The Labute approximate surface area is 181 Å². The predicted molar refractivity (Wildman–Crippen MR) is 116 cm³/mol. The Balaban J connectivity index is 1.68. The van der Waals surface area contributed by atoms with Crippen LogP contribution in [-0.2, 0) is 19.6 Å². The van der Waals surface area contributed by atoms with Crippen molar-refractivity contribution >= 4 is 27.5 Å². The van der Waals surface area contributed by atoms with Crippen molar-refractivity contribution in [1.29, 1.82) is 0 Å². The second-order valence-corrected chi connectivity index (χ2v) is 9.64. The number of halogens is 1. The van der Waals surface area contributed by atoms with Gasteiger partial charge in [0, 0.05) is 24.8 Å². The van der Waals surface area contributed by atoms with E-state index in [1.807, 2.05) is 19.1 Å². The van der Waals surface area contributed by atoms with Crippen molar-refractivity contribution in [2.24, 2.45) is 0 Å². The molecule has 0 saturated carbocycles. The van der Waals surface area contributed by atoms with Crippen LogP contribution in [-0.4, -0.2) is 43.7 Å². The Morgan fingerprint density at radius 1 is 1.10 bits per heavy atom. The molecule has 2 aromatic carbocycles. The van der Waals surface area contributed by atoms with E-state index in [1.165, 1.54) is 22.5 Å². The van der Waals surface area contributed by atoms with Gasteiger partial charge >= 0.3 is 11.8 Å². The topological polar surface area (TPSA) is 95.6 Å². The van der Waals surface area contributed by atoms with Crippen LogP contribution in [0, 0.1) is 26.6 Å². The fourth-order valence-corrected chi connectivity index (χ4v) is 6.17. The molecule has 3 rings (SSSR count). The Kier molecular flexibility index (Phi) is 6.76. The maximum absolute atomic E-state index is 13.3. The standard InChI is InChI=1S/C22H26FN3O4S/c1-14-10-15(2)20(16(3)11-14)31(29,30)26-9-5-8-19(26)13-24-21(27)22(28)25-18-7-4-6-17(23)12-18/h4,6-7,10-12,19H,5,8-9,13H2,1-3H3,(H,24,27)(H,25,28)/t19-/m0/s1. The molecule has 1 heterocycles. The number of rotatable bonds is 5. The molecule has 0 unspecified atom stereocenters. The SMILES string of the molecule is Cc1cc(C)c(S(=O)(=O)N2CCC[C@H]2CNC(=O)C(=O)Nc2cccc(F)c2)c(C)c1. The van der Waals surface area contributed by atoms with Crippen molar-refractivity contribution in [2.75, 3.05) is 18.4 Å². The third-order valence-corrected chi connectivity index (χ3v) is 7.54. The molecule has 0 radical (unpaired) electrons. The molecule has 1 fully saturated rings. The molecule has 166 valence electrons. The molecule has 1 aliphatic rings. The van der Waals surface area contributed by atoms with Gasteiger partial charge < -0.3 is 10.6 Å². The van der Waals surface area contributed by atoms with Crippen LogP contribution in [0.3, 0.4) is 0 Å². The first-order chi connectivity index (χ1) is 14.6. The Morgan fingerprint density at radius 3 is 2.42 bits per heavy atom. The zero-order valence-corrected chi connectivity index (χ0v) is 18.6. The summed E-state index contributed by atoms with van der Waals surface area (Å²) in [5.74, 6) is -2.38. The van der Waals surface area contributed by atoms with E-state index in [1.54, 1.807) is 13.8 Å². The quantitative estimate of drug-likeness (QED) is 0.689. The number of nitrogens with one attached hydrogen (secondary N) is 2. The molecule has 2 amide bonds. The van der Waals surface area contributed by atoms with Crippen molar-refractivity contribution in [2.45, 2.75) is 44.6 Å². The van der Waals surface area contributed by atoms with Crippen LogP contribution in [0.25, 0.3) is 0 Å². The summed E-state index contributed by atoms with van der Waals surface area (Å²) >= 11 is 0. The van der Waals surface area contributed by atoms with Gasteiger partial charge in [0.05, 0.1) is 4.90 Å². The van der Waals surface area contributed by atoms with Crippen LogP contribution in [0.5, 0.6) is 0 Å². The van der Waals surface area contributed by atoms with Gasteiger partial charge in [-0.1, -0.05) is 23.8 Å². The lowest BCUT2D eigenvalue weighted by atomic mass is 10.1. The van der Waals surface area contributed by atoms with Gasteiger partial charge in [-0.15, -0.1) is 0 Å². The molecular weight excluding hydrogens is 421 g/mol. The smallest absolute Gasteiger partial charge is 0.313 e. The molecule has 31 heavy (non-hydrogen) atoms. The minimum absolute atomic E-state index is 0.0125. The molecule has 7 nitrogen and oxygen atoms in total. The average Bonchev–Trinajstić information content (AvgIpc) is 3.14. The van der Waals surface area contributed by atoms with Crippen molar-refractivity contribution in [1.82, 2.24) is 9.62 Å². The van der Waals surface area contributed by atoms with Gasteiger partial charge in [0.15, 0.2) is 0 Å². The van der Waals surface area contributed by atoms with E-state index in [4.69, 9.17) is 0 Å². The fraction of sp³-hybridized carbons (Fsp3) is 0.364. The van der Waals surface area contributed by atoms with Crippen molar-refractivity contribution < 1.29 is 22.4 Å². The second-order valence-electron chi connectivity index (χ2n) is 7.81. The van der Waals surface area contributed by atoms with E-state index in [9.17, 15) is 22.4 Å². The number of amides is 2. The number of anilines is 1. The number of benzene rings is 2. The van der Waals surface area contributed by atoms with Gasteiger partial charge in [0.25, 0.3) is 0 Å². The number of carbonyl (C=O) groups excluding carboxylic acids is 2. The van der Waals surface area contributed by atoms with E-state index in [0.717, 1.165) is 11.6 Å². The number of aryl methyl sites for hydroxylation is 3. The highest BCUT2D eigenvalue weighted by Crippen LogP contribution is 2.30. The molecule has 2 N–H and O–H groups in total. The Morgan fingerprint density at radius 2 is 1.77 bits per heavy atom. The van der Waals surface area contributed by atoms with Crippen molar-refractivity contribution in [3.63, 3.8) is 0 Å². The molecule has 0 spiro atoms. The summed E-state index contributed by atoms with van der Waals surface area (Å²) in [6.07, 6.45) is 1.24. The molecule has 1 saturated heterocycles. The zero-order valence-electron chi connectivity index (χ0n) is 17.7. The zero-order chi connectivity index (χ0) is 22.8. The predicted octanol–water partition coefficient (Wildman–Crippen LogP) is 2.66. The highest BCUT2D eigenvalue weighted by atomic mass is 32.2. The molecule has 1 aliphatic heterocycles. The maximum atomic E-state index is 13.3. The van der Waals surface area contributed by atoms with Crippen LogP contribution in [0.4, 0.5) is 10.1 Å². The molecule has 0 aliphatic carbocycles. The van der Waals surface area contributed by atoms with Crippen molar-refractivity contribution in [3.8, 4) is 0 Å². The number of nitrogens with zero attached hydrogens (tertiary/aromatic N) is 1. The van der Waals surface area contributed by atoms with E-state index < -0.39 is 33.7 Å². The highest BCUT2D eigenvalue weighted by molar-refractivity contribution is 7.89. The minimum Gasteiger partial charge on any atom is -0.346 e. The summed E-state index contributed by atoms with van der Waals surface area (Å²) in [5, 5.41) is 4.82. The van der Waals surface area contributed by atoms with Gasteiger partial charge in [-0.05, 0) is 62.9 Å². The van der Waals surface area contributed by atoms with Crippen LogP contribution in [0.1, 0.15) is 29.5 Å². The van der Waals surface area contributed by atoms with Gasteiger partial charge in [-0.2, -0.15) is 4.31 Å². The lowest BCUT2D eigenvalue weighted by Gasteiger charge is -2.26. The van der Waals surface area contributed by atoms with Gasteiger partial charge in [0.2, 0.25) is 10.0 Å². The van der Waals surface area contributed by atoms with Gasteiger partial charge in [-0.25, -0.2) is 12.8 Å². The molecule has 0 aromatic heterocycles. The van der Waals surface area contributed by atoms with Gasteiger partial charge in [0.1, 0.15) is 5.82 Å². The largest absolute Gasteiger partial charge is 0.346 e. The van der Waals surface area contributed by atoms with Crippen LogP contribution >= 0.6 is 0 Å². The fourth-order valence-electron chi connectivity index (χ4n) is 4.07. The second kappa shape index (κ2) is 9.15. The summed E-state index contributed by atoms with van der Waals surface area (Å²) < 4.78 is 41.3. The number of sulfonamides is 1. The molecule has 2 aromatic rings. The van der Waals surface area contributed by atoms with E-state index in [0.29, 0.717) is 35.4 Å². The normalized spacial score (nSPS) is 16.8. The monoisotopic (exact) mass is 447 g/mol. The van der Waals surface area contributed by atoms with E-state index in [-0.39, 0.29) is 12.2 Å². The van der Waals surface area contributed by atoms with E-state index >= 15 is 0 Å². The summed E-state index contributed by atoms with van der Waals surface area (Å²) in [6.45, 7) is 5.83. The molecular formula is C22H26FN3O4S. The number of hydrogen-bond donors (Lipinski definition) is 2. The Bertz CT molecular complexity index is 1090. The third kappa shape index (κ3) is 5.11. The highest BCUT2D eigenvalue weighted by Gasteiger charge is 2.37. The first-order valence-electron chi connectivity index (χ1n) is 10.0. The average molecular weight is 448 g/mol.